The van der Waals surface area contributed by atoms with Gasteiger partial charge in [-0.05, 0) is 57.5 Å². The Kier molecular flexibility index (Phi) is 5.49. The molecule has 0 atom stereocenters. The van der Waals surface area contributed by atoms with Crippen LogP contribution in [0.1, 0.15) is 38.2 Å². The van der Waals surface area contributed by atoms with E-state index < -0.39 is 0 Å². The Labute approximate surface area is 120 Å². The molecule has 1 aliphatic carbocycles. The highest BCUT2D eigenvalue weighted by Crippen LogP contribution is 2.24. The number of nitrogens with one attached hydrogen (secondary N) is 1. The van der Waals surface area contributed by atoms with Crippen molar-refractivity contribution >= 4 is 0 Å². The highest BCUT2D eigenvalue weighted by molar-refractivity contribution is 5.18. The Balaban J connectivity index is 1.89. The topological polar surface area (TPSA) is 15.3 Å². The van der Waals surface area contributed by atoms with Gasteiger partial charge in [0.05, 0.1) is 0 Å². The molecule has 1 aromatic carbocycles. The van der Waals surface area contributed by atoms with E-state index in [1.807, 2.05) is 7.05 Å². The van der Waals surface area contributed by atoms with E-state index in [0.717, 1.165) is 32.2 Å². The van der Waals surface area contributed by atoms with Gasteiger partial charge in [-0.3, -0.25) is 4.90 Å². The van der Waals surface area contributed by atoms with Gasteiger partial charge in [0, 0.05) is 24.2 Å². The van der Waals surface area contributed by atoms with E-state index in [1.165, 1.54) is 18.2 Å². The van der Waals surface area contributed by atoms with Crippen LogP contribution in [0.3, 0.4) is 0 Å². The van der Waals surface area contributed by atoms with Crippen molar-refractivity contribution in [3.05, 3.63) is 35.4 Å². The van der Waals surface area contributed by atoms with Gasteiger partial charge in [0.25, 0.3) is 0 Å². The van der Waals surface area contributed by atoms with Crippen LogP contribution in [0.4, 0.5) is 8.78 Å². The van der Waals surface area contributed by atoms with Crippen molar-refractivity contribution in [1.29, 1.82) is 0 Å². The summed E-state index contributed by atoms with van der Waals surface area (Å²) in [6, 6.07) is 4.76. The minimum atomic E-state index is -0.370. The molecule has 0 heterocycles. The van der Waals surface area contributed by atoms with Crippen molar-refractivity contribution in [3.8, 4) is 0 Å². The summed E-state index contributed by atoms with van der Waals surface area (Å²) in [5, 5.41) is 3.48. The number of rotatable bonds is 5. The van der Waals surface area contributed by atoms with Crippen molar-refractivity contribution in [3.63, 3.8) is 0 Å². The fourth-order valence-corrected chi connectivity index (χ4v) is 3.07. The van der Waals surface area contributed by atoms with E-state index in [9.17, 15) is 8.78 Å². The summed E-state index contributed by atoms with van der Waals surface area (Å²) in [5.41, 5.74) is 0.446. The third kappa shape index (κ3) is 4.00. The first-order valence-corrected chi connectivity index (χ1v) is 7.47. The van der Waals surface area contributed by atoms with Crippen molar-refractivity contribution in [2.75, 3.05) is 13.6 Å². The molecule has 4 heteroatoms. The van der Waals surface area contributed by atoms with Gasteiger partial charge >= 0.3 is 0 Å². The summed E-state index contributed by atoms with van der Waals surface area (Å²) < 4.78 is 26.8. The van der Waals surface area contributed by atoms with E-state index in [4.69, 9.17) is 0 Å². The molecule has 0 saturated heterocycles. The Bertz CT molecular complexity index is 428. The molecule has 1 aromatic rings. The minimum Gasteiger partial charge on any atom is -0.314 e. The summed E-state index contributed by atoms with van der Waals surface area (Å²) in [4.78, 5) is 2.15. The average Bonchev–Trinajstić information content (AvgIpc) is 2.44. The number of hydrogen-bond acceptors (Lipinski definition) is 2. The molecular weight excluding hydrogens is 258 g/mol. The lowest BCUT2D eigenvalue weighted by molar-refractivity contribution is 0.166. The summed E-state index contributed by atoms with van der Waals surface area (Å²) in [6.07, 6.45) is 4.55. The van der Waals surface area contributed by atoms with Gasteiger partial charge in [-0.1, -0.05) is 6.92 Å². The molecule has 0 aliphatic heterocycles. The van der Waals surface area contributed by atoms with Crippen LogP contribution in [-0.2, 0) is 6.54 Å². The molecule has 1 aliphatic rings. The first-order chi connectivity index (χ1) is 9.60. The van der Waals surface area contributed by atoms with E-state index in [-0.39, 0.29) is 11.6 Å². The molecule has 1 N–H and O–H groups in total. The van der Waals surface area contributed by atoms with Crippen LogP contribution in [0.2, 0.25) is 0 Å². The van der Waals surface area contributed by atoms with Gasteiger partial charge < -0.3 is 5.32 Å². The minimum absolute atomic E-state index is 0.320. The lowest BCUT2D eigenvalue weighted by atomic mass is 9.90. The molecule has 2 rings (SSSR count). The molecule has 0 spiro atoms. The second-order valence-electron chi connectivity index (χ2n) is 5.71. The largest absolute Gasteiger partial charge is 0.314 e. The van der Waals surface area contributed by atoms with Gasteiger partial charge in [0.15, 0.2) is 0 Å². The molecule has 1 saturated carbocycles. The van der Waals surface area contributed by atoms with E-state index >= 15 is 0 Å². The van der Waals surface area contributed by atoms with Crippen LogP contribution < -0.4 is 5.32 Å². The third-order valence-electron chi connectivity index (χ3n) is 4.24. The predicted molar refractivity (Wildman–Crippen MR) is 77.5 cm³/mol. The Morgan fingerprint density at radius 3 is 2.55 bits per heavy atom. The molecule has 0 amide bonds. The highest BCUT2D eigenvalue weighted by atomic mass is 19.1. The zero-order valence-corrected chi connectivity index (χ0v) is 12.3. The third-order valence-corrected chi connectivity index (χ3v) is 4.24. The number of benzene rings is 1. The summed E-state index contributed by atoms with van der Waals surface area (Å²) >= 11 is 0. The Hall–Kier alpha value is -1.00. The van der Waals surface area contributed by atoms with Gasteiger partial charge in [-0.2, -0.15) is 0 Å². The molecule has 0 unspecified atom stereocenters. The average molecular weight is 282 g/mol. The van der Waals surface area contributed by atoms with Crippen LogP contribution in [0.5, 0.6) is 0 Å². The fourth-order valence-electron chi connectivity index (χ4n) is 3.07. The molecule has 112 valence electrons. The second kappa shape index (κ2) is 7.14. The first kappa shape index (κ1) is 15.4. The van der Waals surface area contributed by atoms with Crippen LogP contribution in [0.25, 0.3) is 0 Å². The smallest absolute Gasteiger partial charge is 0.127 e. The maximum absolute atomic E-state index is 13.7. The predicted octanol–water partition coefficient (Wildman–Crippen LogP) is 3.32. The normalized spacial score (nSPS) is 23.2. The van der Waals surface area contributed by atoms with Crippen molar-refractivity contribution in [2.45, 2.75) is 51.2 Å². The van der Waals surface area contributed by atoms with Crippen LogP contribution >= 0.6 is 0 Å². The molecule has 0 aromatic heterocycles. The summed E-state index contributed by atoms with van der Waals surface area (Å²) in [5.74, 6) is -0.690. The molecule has 1 fully saturated rings. The quantitative estimate of drug-likeness (QED) is 0.891. The first-order valence-electron chi connectivity index (χ1n) is 7.47. The fraction of sp³-hybridized carbons (Fsp3) is 0.625. The zero-order valence-electron chi connectivity index (χ0n) is 12.3. The lowest BCUT2D eigenvalue weighted by Crippen LogP contribution is -2.40. The highest BCUT2D eigenvalue weighted by Gasteiger charge is 2.23. The van der Waals surface area contributed by atoms with E-state index in [0.29, 0.717) is 24.2 Å². The Morgan fingerprint density at radius 1 is 1.20 bits per heavy atom. The van der Waals surface area contributed by atoms with Gasteiger partial charge in [-0.25, -0.2) is 8.78 Å². The zero-order chi connectivity index (χ0) is 14.5. The molecule has 0 bridgehead atoms. The monoisotopic (exact) mass is 282 g/mol. The van der Waals surface area contributed by atoms with Crippen molar-refractivity contribution in [1.82, 2.24) is 10.2 Å². The second-order valence-corrected chi connectivity index (χ2v) is 5.71. The maximum atomic E-state index is 13.7. The SMILES string of the molecule is CCNC1CCC(N(C)Cc2cc(F)ccc2F)CC1. The van der Waals surface area contributed by atoms with Crippen molar-refractivity contribution in [2.24, 2.45) is 0 Å². The van der Waals surface area contributed by atoms with Crippen molar-refractivity contribution < 1.29 is 8.78 Å². The van der Waals surface area contributed by atoms with Gasteiger partial charge in [-0.15, -0.1) is 0 Å². The van der Waals surface area contributed by atoms with Gasteiger partial charge in [0.2, 0.25) is 0 Å². The van der Waals surface area contributed by atoms with E-state index in [2.05, 4.69) is 17.1 Å². The standard InChI is InChI=1S/C16H24F2N2/c1-3-19-14-5-7-15(8-6-14)20(2)11-12-10-13(17)4-9-16(12)18/h4,9-10,14-15,19H,3,5-8,11H2,1-2H3. The van der Waals surface area contributed by atoms with Crippen LogP contribution in [-0.4, -0.2) is 30.6 Å². The van der Waals surface area contributed by atoms with Crippen LogP contribution in [0.15, 0.2) is 18.2 Å². The number of hydrogen-bond donors (Lipinski definition) is 1. The molecule has 2 nitrogen and oxygen atoms in total. The van der Waals surface area contributed by atoms with Crippen LogP contribution in [0, 0.1) is 11.6 Å². The summed E-state index contributed by atoms with van der Waals surface area (Å²) in [6.45, 7) is 3.62. The maximum Gasteiger partial charge on any atom is 0.127 e. The molecule has 0 radical (unpaired) electrons. The molecular formula is C16H24F2N2. The van der Waals surface area contributed by atoms with E-state index in [1.54, 1.807) is 0 Å². The van der Waals surface area contributed by atoms with Gasteiger partial charge in [0.1, 0.15) is 11.6 Å². The Morgan fingerprint density at radius 2 is 1.90 bits per heavy atom. The molecule has 20 heavy (non-hydrogen) atoms. The summed E-state index contributed by atoms with van der Waals surface area (Å²) in [7, 11) is 2.00. The number of nitrogens with zero attached hydrogens (tertiary/aromatic N) is 1. The lowest BCUT2D eigenvalue weighted by Gasteiger charge is -2.35. The number of halogens is 2.